The van der Waals surface area contributed by atoms with Crippen LogP contribution in [0.4, 0.5) is 5.69 Å². The second kappa shape index (κ2) is 8.56. The predicted octanol–water partition coefficient (Wildman–Crippen LogP) is 1.43. The molecule has 0 radical (unpaired) electrons. The van der Waals surface area contributed by atoms with E-state index >= 15 is 0 Å². The van der Waals surface area contributed by atoms with Crippen LogP contribution in [0.3, 0.4) is 0 Å². The highest BCUT2D eigenvalue weighted by atomic mass is 32.2. The molecule has 1 aromatic rings. The van der Waals surface area contributed by atoms with E-state index in [-0.39, 0.29) is 11.8 Å². The molecule has 0 spiro atoms. The van der Waals surface area contributed by atoms with E-state index < -0.39 is 9.84 Å². The highest BCUT2D eigenvalue weighted by Crippen LogP contribution is 2.31. The molecule has 0 aliphatic carbocycles. The summed E-state index contributed by atoms with van der Waals surface area (Å²) in [5.74, 6) is 0.890. The van der Waals surface area contributed by atoms with Crippen molar-refractivity contribution in [3.63, 3.8) is 0 Å². The van der Waals surface area contributed by atoms with E-state index in [0.29, 0.717) is 18.4 Å². The zero-order chi connectivity index (χ0) is 18.4. The fourth-order valence-corrected chi connectivity index (χ4v) is 3.94. The third kappa shape index (κ3) is 5.92. The predicted molar refractivity (Wildman–Crippen MR) is 105 cm³/mol. The molecule has 140 valence electrons. The Kier molecular flexibility index (Phi) is 6.70. The van der Waals surface area contributed by atoms with E-state index in [1.165, 1.54) is 17.5 Å². The Hall–Kier alpha value is -1.76. The number of nitrogens with one attached hydrogen (secondary N) is 2. The van der Waals surface area contributed by atoms with E-state index in [2.05, 4.69) is 51.7 Å². The van der Waals surface area contributed by atoms with Crippen molar-refractivity contribution >= 4 is 21.5 Å². The van der Waals surface area contributed by atoms with Crippen LogP contribution in [0.15, 0.2) is 29.3 Å². The largest absolute Gasteiger partial charge is 0.367 e. The number of sulfone groups is 1. The molecule has 2 N–H and O–H groups in total. The molecule has 1 aliphatic rings. The molecule has 1 heterocycles. The zero-order valence-electron chi connectivity index (χ0n) is 15.6. The maximum Gasteiger partial charge on any atom is 0.191 e. The van der Waals surface area contributed by atoms with Gasteiger partial charge in [-0.2, -0.15) is 0 Å². The lowest BCUT2D eigenvalue weighted by Gasteiger charge is -2.26. The van der Waals surface area contributed by atoms with Crippen LogP contribution in [0.25, 0.3) is 0 Å². The summed E-state index contributed by atoms with van der Waals surface area (Å²) in [5.41, 5.74) is 2.73. The minimum Gasteiger partial charge on any atom is -0.367 e. The molecule has 2 rings (SSSR count). The number of hydrogen-bond acceptors (Lipinski definition) is 4. The number of fused-ring (bicyclic) bond motifs is 1. The van der Waals surface area contributed by atoms with Crippen LogP contribution in [-0.2, 0) is 16.3 Å². The standard InChI is InChI=1S/C18H30N4O2S/c1-14(9-12-25(4,23)24)21-18(19-3)20-10-11-22-15(2)13-16-7-5-6-8-17(16)22/h5-8,14-15H,9-13H2,1-4H3,(H2,19,20,21). The Labute approximate surface area is 151 Å². The highest BCUT2D eigenvalue weighted by molar-refractivity contribution is 7.90. The van der Waals surface area contributed by atoms with Crippen molar-refractivity contribution in [3.8, 4) is 0 Å². The summed E-state index contributed by atoms with van der Waals surface area (Å²) in [6.45, 7) is 5.89. The first-order chi connectivity index (χ1) is 11.8. The van der Waals surface area contributed by atoms with Gasteiger partial charge in [-0.25, -0.2) is 8.42 Å². The fraction of sp³-hybridized carbons (Fsp3) is 0.611. The van der Waals surface area contributed by atoms with Crippen LogP contribution in [0, 0.1) is 0 Å². The van der Waals surface area contributed by atoms with Crippen molar-refractivity contribution in [1.29, 1.82) is 0 Å². The minimum atomic E-state index is -2.93. The first-order valence-electron chi connectivity index (χ1n) is 8.79. The van der Waals surface area contributed by atoms with Crippen molar-refractivity contribution in [1.82, 2.24) is 10.6 Å². The van der Waals surface area contributed by atoms with Gasteiger partial charge in [0.15, 0.2) is 5.96 Å². The SMILES string of the molecule is CN=C(NCCN1c2ccccc2CC1C)NC(C)CCS(C)(=O)=O. The Balaban J connectivity index is 1.80. The Bertz CT molecular complexity index is 703. The monoisotopic (exact) mass is 366 g/mol. The molecule has 0 amide bonds. The summed E-state index contributed by atoms with van der Waals surface area (Å²) < 4.78 is 22.5. The zero-order valence-corrected chi connectivity index (χ0v) is 16.4. The second-order valence-corrected chi connectivity index (χ2v) is 9.10. The molecule has 0 aromatic heterocycles. The van der Waals surface area contributed by atoms with Gasteiger partial charge >= 0.3 is 0 Å². The molecule has 0 saturated heterocycles. The van der Waals surface area contributed by atoms with Crippen molar-refractivity contribution in [2.24, 2.45) is 4.99 Å². The van der Waals surface area contributed by atoms with Gasteiger partial charge in [0.05, 0.1) is 5.75 Å². The summed E-state index contributed by atoms with van der Waals surface area (Å²) in [6.07, 6.45) is 2.92. The normalized spacial score (nSPS) is 18.8. The first kappa shape index (κ1) is 19.6. The van der Waals surface area contributed by atoms with Crippen LogP contribution in [0.1, 0.15) is 25.8 Å². The lowest BCUT2D eigenvalue weighted by molar-refractivity contribution is 0.580. The van der Waals surface area contributed by atoms with E-state index in [9.17, 15) is 8.42 Å². The van der Waals surface area contributed by atoms with E-state index in [0.717, 1.165) is 19.5 Å². The summed E-state index contributed by atoms with van der Waals surface area (Å²) >= 11 is 0. The van der Waals surface area contributed by atoms with Gasteiger partial charge < -0.3 is 15.5 Å². The molecule has 0 saturated carbocycles. The van der Waals surface area contributed by atoms with Gasteiger partial charge in [0.1, 0.15) is 9.84 Å². The van der Waals surface area contributed by atoms with Crippen LogP contribution in [0.5, 0.6) is 0 Å². The number of aliphatic imine (C=N–C) groups is 1. The molecule has 6 nitrogen and oxygen atoms in total. The second-order valence-electron chi connectivity index (χ2n) is 6.84. The van der Waals surface area contributed by atoms with Crippen LogP contribution in [0.2, 0.25) is 0 Å². The number of hydrogen-bond donors (Lipinski definition) is 2. The molecule has 2 unspecified atom stereocenters. The van der Waals surface area contributed by atoms with Gasteiger partial charge in [-0.3, -0.25) is 4.99 Å². The third-order valence-corrected chi connectivity index (χ3v) is 5.50. The average molecular weight is 367 g/mol. The van der Waals surface area contributed by atoms with Crippen molar-refractivity contribution < 1.29 is 8.42 Å². The van der Waals surface area contributed by atoms with E-state index in [1.54, 1.807) is 7.05 Å². The molecule has 0 bridgehead atoms. The molecule has 7 heteroatoms. The first-order valence-corrected chi connectivity index (χ1v) is 10.9. The molecule has 25 heavy (non-hydrogen) atoms. The van der Waals surface area contributed by atoms with E-state index in [4.69, 9.17) is 0 Å². The highest BCUT2D eigenvalue weighted by Gasteiger charge is 2.24. The molecule has 1 aromatic carbocycles. The quantitative estimate of drug-likeness (QED) is 0.564. The summed E-state index contributed by atoms with van der Waals surface area (Å²) in [7, 11) is -1.20. The molecule has 2 atom stereocenters. The van der Waals surface area contributed by atoms with Gasteiger partial charge in [-0.05, 0) is 38.3 Å². The topological polar surface area (TPSA) is 73.8 Å². The minimum absolute atomic E-state index is 0.0485. The van der Waals surface area contributed by atoms with Gasteiger partial charge in [-0.15, -0.1) is 0 Å². The Morgan fingerprint density at radius 2 is 2.12 bits per heavy atom. The smallest absolute Gasteiger partial charge is 0.191 e. The van der Waals surface area contributed by atoms with Crippen LogP contribution >= 0.6 is 0 Å². The fourth-order valence-electron chi connectivity index (χ4n) is 3.16. The maximum atomic E-state index is 11.3. The number of anilines is 1. The van der Waals surface area contributed by atoms with Gasteiger partial charge in [0.25, 0.3) is 0 Å². The number of guanidine groups is 1. The Morgan fingerprint density at radius 3 is 2.80 bits per heavy atom. The van der Waals surface area contributed by atoms with E-state index in [1.807, 2.05) is 6.92 Å². The van der Waals surface area contributed by atoms with Gasteiger partial charge in [-0.1, -0.05) is 18.2 Å². The molecular formula is C18H30N4O2S. The van der Waals surface area contributed by atoms with Crippen LogP contribution in [-0.4, -0.2) is 58.6 Å². The number of rotatable bonds is 7. The summed E-state index contributed by atoms with van der Waals surface area (Å²) in [4.78, 5) is 6.65. The maximum absolute atomic E-state index is 11.3. The molecular weight excluding hydrogens is 336 g/mol. The van der Waals surface area contributed by atoms with Crippen molar-refractivity contribution in [2.75, 3.05) is 37.0 Å². The summed E-state index contributed by atoms with van der Waals surface area (Å²) in [6, 6.07) is 9.11. The lowest BCUT2D eigenvalue weighted by Crippen LogP contribution is -2.46. The van der Waals surface area contributed by atoms with Gasteiger partial charge in [0, 0.05) is 44.2 Å². The Morgan fingerprint density at radius 1 is 1.40 bits per heavy atom. The number of benzene rings is 1. The van der Waals surface area contributed by atoms with Crippen LogP contribution < -0.4 is 15.5 Å². The summed E-state index contributed by atoms with van der Waals surface area (Å²) in [5, 5.41) is 6.57. The third-order valence-electron chi connectivity index (χ3n) is 4.52. The average Bonchev–Trinajstić information content (AvgIpc) is 2.87. The van der Waals surface area contributed by atoms with Crippen molar-refractivity contribution in [3.05, 3.63) is 29.8 Å². The number of para-hydroxylation sites is 1. The molecule has 0 fully saturated rings. The lowest BCUT2D eigenvalue weighted by atomic mass is 10.1. The number of nitrogens with zero attached hydrogens (tertiary/aromatic N) is 2. The van der Waals surface area contributed by atoms with Gasteiger partial charge in [0.2, 0.25) is 0 Å². The van der Waals surface area contributed by atoms with Crippen molar-refractivity contribution in [2.45, 2.75) is 38.8 Å². The molecule has 1 aliphatic heterocycles.